The van der Waals surface area contributed by atoms with E-state index in [2.05, 4.69) is 19.2 Å². The second-order valence-corrected chi connectivity index (χ2v) is 7.14. The van der Waals surface area contributed by atoms with E-state index in [1.54, 1.807) is 0 Å². The lowest BCUT2D eigenvalue weighted by molar-refractivity contribution is 0.221. The summed E-state index contributed by atoms with van der Waals surface area (Å²) in [6.07, 6.45) is 12.2. The van der Waals surface area contributed by atoms with Crippen molar-refractivity contribution in [1.29, 1.82) is 0 Å². The number of nitrogens with one attached hydrogen (secondary N) is 1. The lowest BCUT2D eigenvalue weighted by Gasteiger charge is -2.35. The van der Waals surface area contributed by atoms with Gasteiger partial charge in [0.25, 0.3) is 0 Å². The number of hydrogen-bond acceptors (Lipinski definition) is 2. The van der Waals surface area contributed by atoms with Gasteiger partial charge in [-0.1, -0.05) is 26.7 Å². The van der Waals surface area contributed by atoms with E-state index in [1.807, 2.05) is 0 Å². The Morgan fingerprint density at radius 2 is 1.72 bits per heavy atom. The molecule has 2 atom stereocenters. The molecule has 0 saturated heterocycles. The van der Waals surface area contributed by atoms with Gasteiger partial charge in [0.05, 0.1) is 0 Å². The standard InChI is InChI=1S/C16H32N2/c1-12(2)10-13-4-3-5-16(11-13)18-15-8-6-14(17)7-9-15/h12-16,18H,3-11,17H2,1-2H3. The molecule has 0 radical (unpaired) electrons. The van der Waals surface area contributed by atoms with Gasteiger partial charge in [-0.25, -0.2) is 0 Å². The molecule has 0 aromatic carbocycles. The fourth-order valence-electron chi connectivity index (χ4n) is 3.94. The van der Waals surface area contributed by atoms with Crippen molar-refractivity contribution in [3.63, 3.8) is 0 Å². The zero-order valence-corrected chi connectivity index (χ0v) is 12.3. The van der Waals surface area contributed by atoms with Gasteiger partial charge in [0.15, 0.2) is 0 Å². The molecule has 0 bridgehead atoms. The van der Waals surface area contributed by atoms with Crippen molar-refractivity contribution >= 4 is 0 Å². The molecule has 0 heterocycles. The highest BCUT2D eigenvalue weighted by Gasteiger charge is 2.26. The molecule has 3 N–H and O–H groups in total. The van der Waals surface area contributed by atoms with E-state index >= 15 is 0 Å². The average Bonchev–Trinajstić information content (AvgIpc) is 2.32. The Kier molecular flexibility index (Phi) is 5.50. The molecule has 2 heteroatoms. The Hall–Kier alpha value is -0.0800. The van der Waals surface area contributed by atoms with Crippen LogP contribution in [0.2, 0.25) is 0 Å². The van der Waals surface area contributed by atoms with Crippen molar-refractivity contribution in [2.75, 3.05) is 0 Å². The summed E-state index contributed by atoms with van der Waals surface area (Å²) < 4.78 is 0. The average molecular weight is 252 g/mol. The molecule has 106 valence electrons. The molecule has 2 rings (SSSR count). The van der Waals surface area contributed by atoms with Crippen LogP contribution < -0.4 is 11.1 Å². The number of rotatable bonds is 4. The van der Waals surface area contributed by atoms with Crippen molar-refractivity contribution in [2.45, 2.75) is 89.8 Å². The summed E-state index contributed by atoms with van der Waals surface area (Å²) in [6, 6.07) is 2.03. The Bertz CT molecular complexity index is 231. The van der Waals surface area contributed by atoms with E-state index in [4.69, 9.17) is 5.73 Å². The van der Waals surface area contributed by atoms with Gasteiger partial charge in [0, 0.05) is 18.1 Å². The van der Waals surface area contributed by atoms with Crippen molar-refractivity contribution in [1.82, 2.24) is 5.32 Å². The van der Waals surface area contributed by atoms with Gasteiger partial charge in [0.2, 0.25) is 0 Å². The molecular formula is C16H32N2. The Balaban J connectivity index is 1.72. The molecular weight excluding hydrogens is 220 g/mol. The first kappa shape index (κ1) is 14.3. The van der Waals surface area contributed by atoms with Crippen LogP contribution in [0.4, 0.5) is 0 Å². The molecule has 2 unspecified atom stereocenters. The molecule has 0 spiro atoms. The van der Waals surface area contributed by atoms with Crippen LogP contribution >= 0.6 is 0 Å². The first-order valence-electron chi connectivity index (χ1n) is 8.15. The minimum atomic E-state index is 0.475. The molecule has 2 fully saturated rings. The quantitative estimate of drug-likeness (QED) is 0.804. The van der Waals surface area contributed by atoms with Crippen LogP contribution in [0, 0.1) is 11.8 Å². The smallest absolute Gasteiger partial charge is 0.00722 e. The molecule has 2 nitrogen and oxygen atoms in total. The predicted molar refractivity (Wildman–Crippen MR) is 78.6 cm³/mol. The predicted octanol–water partition coefficient (Wildman–Crippen LogP) is 3.45. The highest BCUT2D eigenvalue weighted by atomic mass is 15.0. The summed E-state index contributed by atoms with van der Waals surface area (Å²) in [5.74, 6) is 1.84. The zero-order valence-electron chi connectivity index (χ0n) is 12.3. The molecule has 2 aliphatic carbocycles. The van der Waals surface area contributed by atoms with Crippen LogP contribution in [0.1, 0.15) is 71.6 Å². The van der Waals surface area contributed by atoms with E-state index < -0.39 is 0 Å². The summed E-state index contributed by atoms with van der Waals surface area (Å²) >= 11 is 0. The number of hydrogen-bond donors (Lipinski definition) is 2. The van der Waals surface area contributed by atoms with E-state index in [0.717, 1.165) is 23.9 Å². The van der Waals surface area contributed by atoms with Gasteiger partial charge in [-0.2, -0.15) is 0 Å². The maximum atomic E-state index is 5.98. The third kappa shape index (κ3) is 4.55. The lowest BCUT2D eigenvalue weighted by atomic mass is 9.80. The first-order valence-corrected chi connectivity index (χ1v) is 8.15. The highest BCUT2D eigenvalue weighted by molar-refractivity contribution is 4.85. The first-order chi connectivity index (χ1) is 8.63. The van der Waals surface area contributed by atoms with Gasteiger partial charge in [-0.05, 0) is 56.8 Å². The van der Waals surface area contributed by atoms with Crippen molar-refractivity contribution in [2.24, 2.45) is 17.6 Å². The third-order valence-electron chi connectivity index (χ3n) is 4.83. The molecule has 0 aromatic rings. The topological polar surface area (TPSA) is 38.0 Å². The second kappa shape index (κ2) is 6.91. The van der Waals surface area contributed by atoms with Gasteiger partial charge in [0.1, 0.15) is 0 Å². The van der Waals surface area contributed by atoms with E-state index in [-0.39, 0.29) is 0 Å². The largest absolute Gasteiger partial charge is 0.328 e. The molecule has 2 saturated carbocycles. The number of nitrogens with two attached hydrogens (primary N) is 1. The SMILES string of the molecule is CC(C)CC1CCCC(NC2CCC(N)CC2)C1. The minimum Gasteiger partial charge on any atom is -0.328 e. The normalized spacial score (nSPS) is 38.0. The Labute approximate surface area is 113 Å². The summed E-state index contributed by atoms with van der Waals surface area (Å²) in [6.45, 7) is 4.72. The van der Waals surface area contributed by atoms with Crippen molar-refractivity contribution < 1.29 is 0 Å². The maximum Gasteiger partial charge on any atom is 0.00722 e. The molecule has 0 aliphatic heterocycles. The van der Waals surface area contributed by atoms with Gasteiger partial charge in [-0.3, -0.25) is 0 Å². The van der Waals surface area contributed by atoms with Crippen molar-refractivity contribution in [3.05, 3.63) is 0 Å². The summed E-state index contributed by atoms with van der Waals surface area (Å²) in [5.41, 5.74) is 5.98. The van der Waals surface area contributed by atoms with Crippen LogP contribution in [-0.4, -0.2) is 18.1 Å². The Morgan fingerprint density at radius 3 is 2.39 bits per heavy atom. The van der Waals surface area contributed by atoms with Crippen LogP contribution in [0.25, 0.3) is 0 Å². The van der Waals surface area contributed by atoms with Gasteiger partial charge < -0.3 is 11.1 Å². The van der Waals surface area contributed by atoms with Crippen LogP contribution in [0.5, 0.6) is 0 Å². The summed E-state index contributed by atoms with van der Waals surface area (Å²) in [5, 5.41) is 3.93. The molecule has 2 aliphatic rings. The second-order valence-electron chi connectivity index (χ2n) is 7.14. The monoisotopic (exact) mass is 252 g/mol. The highest BCUT2D eigenvalue weighted by Crippen LogP contribution is 2.30. The zero-order chi connectivity index (χ0) is 13.0. The van der Waals surface area contributed by atoms with Gasteiger partial charge >= 0.3 is 0 Å². The maximum absolute atomic E-state index is 5.98. The van der Waals surface area contributed by atoms with Gasteiger partial charge in [-0.15, -0.1) is 0 Å². The van der Waals surface area contributed by atoms with Crippen LogP contribution in [0.3, 0.4) is 0 Å². The third-order valence-corrected chi connectivity index (χ3v) is 4.83. The fourth-order valence-corrected chi connectivity index (χ4v) is 3.94. The Morgan fingerprint density at radius 1 is 1.00 bits per heavy atom. The molecule has 18 heavy (non-hydrogen) atoms. The van der Waals surface area contributed by atoms with E-state index in [1.165, 1.54) is 57.8 Å². The summed E-state index contributed by atoms with van der Waals surface area (Å²) in [7, 11) is 0. The lowest BCUT2D eigenvalue weighted by Crippen LogP contribution is -2.44. The molecule has 0 aromatic heterocycles. The summed E-state index contributed by atoms with van der Waals surface area (Å²) in [4.78, 5) is 0. The molecule has 0 amide bonds. The van der Waals surface area contributed by atoms with Crippen LogP contribution in [-0.2, 0) is 0 Å². The van der Waals surface area contributed by atoms with E-state index in [9.17, 15) is 0 Å². The minimum absolute atomic E-state index is 0.475. The fraction of sp³-hybridized carbons (Fsp3) is 1.00. The van der Waals surface area contributed by atoms with Crippen LogP contribution in [0.15, 0.2) is 0 Å². The van der Waals surface area contributed by atoms with Crippen molar-refractivity contribution in [3.8, 4) is 0 Å². The van der Waals surface area contributed by atoms with E-state index in [0.29, 0.717) is 6.04 Å².